The molecule has 0 saturated carbocycles. The molecule has 1 aromatic carbocycles. The van der Waals surface area contributed by atoms with Gasteiger partial charge in [-0.25, -0.2) is 0 Å². The molecule has 1 rings (SSSR count). The summed E-state index contributed by atoms with van der Waals surface area (Å²) in [6.07, 6.45) is 0.799. The highest BCUT2D eigenvalue weighted by atomic mass is 79.9. The molecule has 0 radical (unpaired) electrons. The molecule has 1 aromatic rings. The van der Waals surface area contributed by atoms with Crippen molar-refractivity contribution in [3.05, 3.63) is 28.2 Å². The lowest BCUT2D eigenvalue weighted by Gasteiger charge is -2.08. The molecule has 0 fully saturated rings. The number of hydrogen-bond donors (Lipinski definition) is 2. The molecular weight excluding hydrogens is 284 g/mol. The molecule has 0 aliphatic rings. The van der Waals surface area contributed by atoms with Crippen molar-refractivity contribution in [1.29, 1.82) is 0 Å². The van der Waals surface area contributed by atoms with Crippen LogP contribution in [0.25, 0.3) is 0 Å². The zero-order valence-corrected chi connectivity index (χ0v) is 11.4. The van der Waals surface area contributed by atoms with Crippen LogP contribution in [0.4, 0.5) is 5.69 Å². The van der Waals surface area contributed by atoms with Gasteiger partial charge in [-0.3, -0.25) is 9.59 Å². The number of halogens is 1. The molecule has 17 heavy (non-hydrogen) atoms. The van der Waals surface area contributed by atoms with Gasteiger partial charge < -0.3 is 10.6 Å². The van der Waals surface area contributed by atoms with Crippen LogP contribution < -0.4 is 10.6 Å². The molecule has 0 heterocycles. The first-order chi connectivity index (χ1) is 8.04. The molecule has 2 N–H and O–H groups in total. The fraction of sp³-hybridized carbons (Fsp3) is 0.333. The van der Waals surface area contributed by atoms with E-state index >= 15 is 0 Å². The molecule has 0 spiro atoms. The average Bonchev–Trinajstić information content (AvgIpc) is 2.29. The summed E-state index contributed by atoms with van der Waals surface area (Å²) in [7, 11) is 0. The van der Waals surface area contributed by atoms with Crippen LogP contribution in [0.15, 0.2) is 22.7 Å². The lowest BCUT2D eigenvalue weighted by molar-refractivity contribution is -0.136. The van der Waals surface area contributed by atoms with Gasteiger partial charge in [0.2, 0.25) is 0 Å². The van der Waals surface area contributed by atoms with E-state index in [0.717, 1.165) is 16.5 Å². The minimum atomic E-state index is -0.650. The van der Waals surface area contributed by atoms with Crippen molar-refractivity contribution in [1.82, 2.24) is 5.32 Å². The van der Waals surface area contributed by atoms with Crippen molar-refractivity contribution in [2.75, 3.05) is 11.9 Å². The van der Waals surface area contributed by atoms with E-state index in [2.05, 4.69) is 26.6 Å². The van der Waals surface area contributed by atoms with Gasteiger partial charge in [-0.1, -0.05) is 13.0 Å². The number of rotatable bonds is 3. The van der Waals surface area contributed by atoms with E-state index in [1.807, 2.05) is 26.0 Å². The summed E-state index contributed by atoms with van der Waals surface area (Å²) < 4.78 is 0.758. The van der Waals surface area contributed by atoms with Crippen LogP contribution in [-0.4, -0.2) is 18.4 Å². The van der Waals surface area contributed by atoms with Crippen LogP contribution in [0, 0.1) is 6.92 Å². The number of hydrogen-bond acceptors (Lipinski definition) is 2. The third kappa shape index (κ3) is 4.19. The quantitative estimate of drug-likeness (QED) is 0.841. The topological polar surface area (TPSA) is 58.2 Å². The van der Waals surface area contributed by atoms with Gasteiger partial charge in [0.1, 0.15) is 0 Å². The summed E-state index contributed by atoms with van der Waals surface area (Å²) in [5.74, 6) is -1.26. The predicted molar refractivity (Wildman–Crippen MR) is 70.8 cm³/mol. The van der Waals surface area contributed by atoms with E-state index < -0.39 is 11.8 Å². The van der Waals surface area contributed by atoms with Gasteiger partial charge in [-0.15, -0.1) is 0 Å². The Hall–Kier alpha value is -1.36. The van der Waals surface area contributed by atoms with Crippen molar-refractivity contribution < 1.29 is 9.59 Å². The summed E-state index contributed by atoms with van der Waals surface area (Å²) in [4.78, 5) is 22.9. The Bertz CT molecular complexity index is 433. The van der Waals surface area contributed by atoms with E-state index in [0.29, 0.717) is 12.2 Å². The summed E-state index contributed by atoms with van der Waals surface area (Å²) in [5.41, 5.74) is 1.66. The van der Waals surface area contributed by atoms with Gasteiger partial charge in [-0.05, 0) is 47.0 Å². The van der Waals surface area contributed by atoms with Crippen molar-refractivity contribution in [3.63, 3.8) is 0 Å². The number of carbonyl (C=O) groups is 2. The lowest BCUT2D eigenvalue weighted by Crippen LogP contribution is -2.35. The molecule has 0 aliphatic heterocycles. The number of anilines is 1. The van der Waals surface area contributed by atoms with E-state index in [4.69, 9.17) is 0 Å². The second kappa shape index (κ2) is 6.39. The van der Waals surface area contributed by atoms with Gasteiger partial charge in [0.05, 0.1) is 5.69 Å². The average molecular weight is 299 g/mol. The first-order valence-corrected chi connectivity index (χ1v) is 6.19. The third-order valence-electron chi connectivity index (χ3n) is 2.11. The molecule has 0 unspecified atom stereocenters. The van der Waals surface area contributed by atoms with Gasteiger partial charge in [-0.2, -0.15) is 0 Å². The van der Waals surface area contributed by atoms with Crippen LogP contribution in [0.3, 0.4) is 0 Å². The van der Waals surface area contributed by atoms with Crippen LogP contribution >= 0.6 is 15.9 Å². The molecule has 0 saturated heterocycles. The van der Waals surface area contributed by atoms with Crippen LogP contribution in [-0.2, 0) is 9.59 Å². The summed E-state index contributed by atoms with van der Waals surface area (Å²) in [6.45, 7) is 4.38. The Morgan fingerprint density at radius 1 is 1.29 bits per heavy atom. The number of carbonyl (C=O) groups excluding carboxylic acids is 2. The van der Waals surface area contributed by atoms with Gasteiger partial charge in [0.25, 0.3) is 0 Å². The lowest BCUT2D eigenvalue weighted by atomic mass is 10.2. The zero-order chi connectivity index (χ0) is 12.8. The van der Waals surface area contributed by atoms with Gasteiger partial charge >= 0.3 is 11.8 Å². The third-order valence-corrected chi connectivity index (χ3v) is 2.77. The first-order valence-electron chi connectivity index (χ1n) is 5.40. The molecule has 92 valence electrons. The van der Waals surface area contributed by atoms with Gasteiger partial charge in [0.15, 0.2) is 0 Å². The molecule has 4 nitrogen and oxygen atoms in total. The normalized spacial score (nSPS) is 9.82. The molecule has 0 aliphatic carbocycles. The Kier molecular flexibility index (Phi) is 5.15. The summed E-state index contributed by atoms with van der Waals surface area (Å²) in [6, 6.07) is 5.49. The Balaban J connectivity index is 2.64. The highest BCUT2D eigenvalue weighted by Gasteiger charge is 2.13. The fourth-order valence-electron chi connectivity index (χ4n) is 1.22. The second-order valence-corrected chi connectivity index (χ2v) is 4.55. The minimum absolute atomic E-state index is 0.501. The number of benzene rings is 1. The maximum absolute atomic E-state index is 11.5. The van der Waals surface area contributed by atoms with Crippen LogP contribution in [0.2, 0.25) is 0 Å². The second-order valence-electron chi connectivity index (χ2n) is 3.69. The highest BCUT2D eigenvalue weighted by molar-refractivity contribution is 9.10. The van der Waals surface area contributed by atoms with Crippen LogP contribution in [0.5, 0.6) is 0 Å². The van der Waals surface area contributed by atoms with Crippen molar-refractivity contribution in [3.8, 4) is 0 Å². The molecule has 5 heteroatoms. The first kappa shape index (κ1) is 13.7. The van der Waals surface area contributed by atoms with Crippen molar-refractivity contribution in [2.24, 2.45) is 0 Å². The Morgan fingerprint density at radius 2 is 2.00 bits per heavy atom. The SMILES string of the molecule is CCCNC(=O)C(=O)Nc1ccc(C)cc1Br. The summed E-state index contributed by atoms with van der Waals surface area (Å²) >= 11 is 3.33. The standard InChI is InChI=1S/C12H15BrN2O2/c1-3-6-14-11(16)12(17)15-10-5-4-8(2)7-9(10)13/h4-5,7H,3,6H2,1-2H3,(H,14,16)(H,15,17). The minimum Gasteiger partial charge on any atom is -0.348 e. The number of aryl methyl sites for hydroxylation is 1. The fourth-order valence-corrected chi connectivity index (χ4v) is 1.81. The molecule has 0 aromatic heterocycles. The Morgan fingerprint density at radius 3 is 2.59 bits per heavy atom. The number of nitrogens with one attached hydrogen (secondary N) is 2. The van der Waals surface area contributed by atoms with Crippen LogP contribution in [0.1, 0.15) is 18.9 Å². The van der Waals surface area contributed by atoms with E-state index in [1.165, 1.54) is 0 Å². The molecule has 0 bridgehead atoms. The predicted octanol–water partition coefficient (Wildman–Crippen LogP) is 2.22. The van der Waals surface area contributed by atoms with Crippen molar-refractivity contribution in [2.45, 2.75) is 20.3 Å². The molecule has 0 atom stereocenters. The zero-order valence-electron chi connectivity index (χ0n) is 9.84. The molecular formula is C12H15BrN2O2. The summed E-state index contributed by atoms with van der Waals surface area (Å²) in [5, 5.41) is 5.07. The van der Waals surface area contributed by atoms with E-state index in [-0.39, 0.29) is 0 Å². The maximum Gasteiger partial charge on any atom is 0.313 e. The molecule has 2 amide bonds. The number of amides is 2. The van der Waals surface area contributed by atoms with E-state index in [9.17, 15) is 9.59 Å². The smallest absolute Gasteiger partial charge is 0.313 e. The maximum atomic E-state index is 11.5. The van der Waals surface area contributed by atoms with Gasteiger partial charge in [0, 0.05) is 11.0 Å². The van der Waals surface area contributed by atoms with Crippen molar-refractivity contribution >= 4 is 33.4 Å². The largest absolute Gasteiger partial charge is 0.348 e. The monoisotopic (exact) mass is 298 g/mol. The Labute approximate surface area is 109 Å². The highest BCUT2D eigenvalue weighted by Crippen LogP contribution is 2.23. The van der Waals surface area contributed by atoms with E-state index in [1.54, 1.807) is 6.07 Å².